The molecule has 0 aromatic carbocycles. The van der Waals surface area contributed by atoms with Crippen molar-refractivity contribution in [1.82, 2.24) is 0 Å². The number of rotatable bonds is 4. The summed E-state index contributed by atoms with van der Waals surface area (Å²) in [6.07, 6.45) is 7.70. The highest BCUT2D eigenvalue weighted by Gasteiger charge is 2.41. The summed E-state index contributed by atoms with van der Waals surface area (Å²) in [5.41, 5.74) is -0.636. The van der Waals surface area contributed by atoms with Gasteiger partial charge in [-0.05, 0) is 31.9 Å². The van der Waals surface area contributed by atoms with Crippen LogP contribution >= 0.6 is 0 Å². The summed E-state index contributed by atoms with van der Waals surface area (Å²) >= 11 is 0. The molecule has 1 aliphatic rings. The normalized spacial score (nSPS) is 19.8. The van der Waals surface area contributed by atoms with Crippen molar-refractivity contribution in [3.8, 4) is 0 Å². The van der Waals surface area contributed by atoms with Gasteiger partial charge in [-0.2, -0.15) is 0 Å². The minimum Gasteiger partial charge on any atom is -0.461 e. The highest BCUT2D eigenvalue weighted by Crippen LogP contribution is 2.33. The predicted molar refractivity (Wildman–Crippen MR) is 65.1 cm³/mol. The lowest BCUT2D eigenvalue weighted by Gasteiger charge is -2.30. The second kappa shape index (κ2) is 5.50. The number of hydrogen-bond donors (Lipinski definition) is 0. The Morgan fingerprint density at radius 1 is 1.35 bits per heavy atom. The third kappa shape index (κ3) is 2.60. The SMILES string of the molecule is CCOC1(C(=O)c2ccco2)CCCCCC1. The molecule has 1 heterocycles. The van der Waals surface area contributed by atoms with E-state index in [1.54, 1.807) is 18.4 Å². The Balaban J connectivity index is 2.22. The lowest BCUT2D eigenvalue weighted by Crippen LogP contribution is -2.41. The van der Waals surface area contributed by atoms with E-state index in [9.17, 15) is 4.79 Å². The van der Waals surface area contributed by atoms with Gasteiger partial charge in [0.05, 0.1) is 6.26 Å². The van der Waals surface area contributed by atoms with Gasteiger partial charge in [0.1, 0.15) is 5.60 Å². The van der Waals surface area contributed by atoms with Crippen molar-refractivity contribution in [2.75, 3.05) is 6.61 Å². The van der Waals surface area contributed by atoms with Gasteiger partial charge in [-0.15, -0.1) is 0 Å². The quantitative estimate of drug-likeness (QED) is 0.592. The van der Waals surface area contributed by atoms with E-state index in [0.29, 0.717) is 12.4 Å². The van der Waals surface area contributed by atoms with Crippen molar-refractivity contribution < 1.29 is 13.9 Å². The van der Waals surface area contributed by atoms with Gasteiger partial charge >= 0.3 is 0 Å². The zero-order valence-electron chi connectivity index (χ0n) is 10.4. The lowest BCUT2D eigenvalue weighted by atomic mass is 9.88. The first-order valence-corrected chi connectivity index (χ1v) is 6.51. The van der Waals surface area contributed by atoms with Crippen LogP contribution < -0.4 is 0 Å². The molecule has 0 unspecified atom stereocenters. The molecule has 1 aromatic rings. The van der Waals surface area contributed by atoms with Crippen LogP contribution in [-0.2, 0) is 4.74 Å². The highest BCUT2D eigenvalue weighted by molar-refractivity contribution is 6.00. The maximum Gasteiger partial charge on any atom is 0.229 e. The smallest absolute Gasteiger partial charge is 0.229 e. The molecule has 2 rings (SSSR count). The van der Waals surface area contributed by atoms with Crippen molar-refractivity contribution >= 4 is 5.78 Å². The largest absolute Gasteiger partial charge is 0.461 e. The average Bonchev–Trinajstić information content (AvgIpc) is 2.76. The van der Waals surface area contributed by atoms with E-state index in [0.717, 1.165) is 25.7 Å². The molecule has 0 radical (unpaired) electrons. The second-order valence-electron chi connectivity index (χ2n) is 4.65. The molecule has 0 atom stereocenters. The fourth-order valence-electron chi connectivity index (χ4n) is 2.65. The van der Waals surface area contributed by atoms with Crippen molar-refractivity contribution in [3.05, 3.63) is 24.2 Å². The van der Waals surface area contributed by atoms with E-state index < -0.39 is 5.60 Å². The van der Waals surface area contributed by atoms with Crippen LogP contribution in [0.15, 0.2) is 22.8 Å². The van der Waals surface area contributed by atoms with Gasteiger partial charge in [0.25, 0.3) is 0 Å². The first-order valence-electron chi connectivity index (χ1n) is 6.51. The predicted octanol–water partition coefficient (Wildman–Crippen LogP) is 3.59. The maximum absolute atomic E-state index is 12.5. The molecule has 0 N–H and O–H groups in total. The van der Waals surface area contributed by atoms with E-state index >= 15 is 0 Å². The summed E-state index contributed by atoms with van der Waals surface area (Å²) < 4.78 is 11.1. The van der Waals surface area contributed by atoms with Crippen LogP contribution in [0.5, 0.6) is 0 Å². The lowest BCUT2D eigenvalue weighted by molar-refractivity contribution is -0.0308. The summed E-state index contributed by atoms with van der Waals surface area (Å²) in [6, 6.07) is 3.48. The van der Waals surface area contributed by atoms with Gasteiger partial charge in [-0.3, -0.25) is 4.79 Å². The van der Waals surface area contributed by atoms with Gasteiger partial charge in [-0.25, -0.2) is 0 Å². The van der Waals surface area contributed by atoms with Gasteiger partial charge in [0, 0.05) is 6.61 Å². The molecule has 0 spiro atoms. The molecule has 3 nitrogen and oxygen atoms in total. The third-order valence-corrected chi connectivity index (χ3v) is 3.49. The molecule has 1 saturated carbocycles. The Labute approximate surface area is 102 Å². The topological polar surface area (TPSA) is 39.4 Å². The fraction of sp³-hybridized carbons (Fsp3) is 0.643. The van der Waals surface area contributed by atoms with Crippen molar-refractivity contribution in [3.63, 3.8) is 0 Å². The number of hydrogen-bond acceptors (Lipinski definition) is 3. The minimum atomic E-state index is -0.636. The number of Topliss-reactive ketones (excluding diaryl/α,β-unsaturated/α-hetero) is 1. The van der Waals surface area contributed by atoms with Gasteiger partial charge < -0.3 is 9.15 Å². The van der Waals surface area contributed by atoms with Crippen LogP contribution in [0.4, 0.5) is 0 Å². The van der Waals surface area contributed by atoms with Crippen LogP contribution in [0.25, 0.3) is 0 Å². The molecule has 1 aliphatic carbocycles. The molecule has 0 amide bonds. The van der Waals surface area contributed by atoms with E-state index in [2.05, 4.69) is 0 Å². The zero-order valence-corrected chi connectivity index (χ0v) is 10.4. The van der Waals surface area contributed by atoms with Crippen molar-refractivity contribution in [2.45, 2.75) is 51.0 Å². The van der Waals surface area contributed by atoms with Gasteiger partial charge in [0.15, 0.2) is 5.76 Å². The second-order valence-corrected chi connectivity index (χ2v) is 4.65. The Morgan fingerprint density at radius 3 is 2.59 bits per heavy atom. The molecular weight excluding hydrogens is 216 g/mol. The maximum atomic E-state index is 12.5. The summed E-state index contributed by atoms with van der Waals surface area (Å²) in [4.78, 5) is 12.5. The standard InChI is InChI=1S/C14H20O3/c1-2-17-14(9-5-3-4-6-10-14)13(15)12-8-7-11-16-12/h7-8,11H,2-6,9-10H2,1H3. The van der Waals surface area contributed by atoms with Crippen LogP contribution in [0.3, 0.4) is 0 Å². The Kier molecular flexibility index (Phi) is 4.00. The van der Waals surface area contributed by atoms with E-state index in [4.69, 9.17) is 9.15 Å². The molecule has 94 valence electrons. The summed E-state index contributed by atoms with van der Waals surface area (Å²) in [5, 5.41) is 0. The average molecular weight is 236 g/mol. The van der Waals surface area contributed by atoms with Crippen LogP contribution in [0.1, 0.15) is 56.0 Å². The van der Waals surface area contributed by atoms with Crippen LogP contribution in [0.2, 0.25) is 0 Å². The Morgan fingerprint density at radius 2 is 2.06 bits per heavy atom. The molecule has 0 bridgehead atoms. The molecule has 0 saturated heterocycles. The molecule has 1 fully saturated rings. The summed E-state index contributed by atoms with van der Waals surface area (Å²) in [6.45, 7) is 2.52. The monoisotopic (exact) mass is 236 g/mol. The zero-order chi connectivity index (χ0) is 12.1. The third-order valence-electron chi connectivity index (χ3n) is 3.49. The number of carbonyl (C=O) groups excluding carboxylic acids is 1. The molecule has 3 heteroatoms. The minimum absolute atomic E-state index is 0.0197. The number of ketones is 1. The van der Waals surface area contributed by atoms with Gasteiger partial charge in [0.2, 0.25) is 5.78 Å². The van der Waals surface area contributed by atoms with Crippen LogP contribution in [-0.4, -0.2) is 18.0 Å². The molecule has 1 aromatic heterocycles. The first-order chi connectivity index (χ1) is 8.28. The Hall–Kier alpha value is -1.09. The Bertz CT molecular complexity index is 346. The number of furan rings is 1. The molecular formula is C14H20O3. The highest BCUT2D eigenvalue weighted by atomic mass is 16.5. The van der Waals surface area contributed by atoms with Crippen LogP contribution in [0, 0.1) is 0 Å². The van der Waals surface area contributed by atoms with Crippen molar-refractivity contribution in [2.24, 2.45) is 0 Å². The van der Waals surface area contributed by atoms with E-state index in [-0.39, 0.29) is 5.78 Å². The number of carbonyl (C=O) groups is 1. The summed E-state index contributed by atoms with van der Waals surface area (Å²) in [7, 11) is 0. The molecule has 0 aliphatic heterocycles. The van der Waals surface area contributed by atoms with Gasteiger partial charge in [-0.1, -0.05) is 25.7 Å². The summed E-state index contributed by atoms with van der Waals surface area (Å²) in [5.74, 6) is 0.451. The first kappa shape index (κ1) is 12.4. The van der Waals surface area contributed by atoms with E-state index in [1.165, 1.54) is 12.8 Å². The molecule has 17 heavy (non-hydrogen) atoms. The number of ether oxygens (including phenoxy) is 1. The fourth-order valence-corrected chi connectivity index (χ4v) is 2.65. The van der Waals surface area contributed by atoms with E-state index in [1.807, 2.05) is 6.92 Å². The van der Waals surface area contributed by atoms with Crippen molar-refractivity contribution in [1.29, 1.82) is 0 Å².